The molecule has 0 spiro atoms. The maximum atomic E-state index is 12.8. The summed E-state index contributed by atoms with van der Waals surface area (Å²) >= 11 is 0. The van der Waals surface area contributed by atoms with Crippen LogP contribution in [0.3, 0.4) is 0 Å². The molecule has 23 heavy (non-hydrogen) atoms. The van der Waals surface area contributed by atoms with E-state index in [-0.39, 0.29) is 11.1 Å². The van der Waals surface area contributed by atoms with Crippen LogP contribution >= 0.6 is 0 Å². The molecule has 3 rings (SSSR count). The predicted molar refractivity (Wildman–Crippen MR) is 83.1 cm³/mol. The van der Waals surface area contributed by atoms with Crippen LogP contribution in [0.1, 0.15) is 31.4 Å². The molecule has 0 aliphatic carbocycles. The number of hydrogen-bond acceptors (Lipinski definition) is 5. The number of rotatable bonds is 5. The molecule has 0 unspecified atom stereocenters. The first-order chi connectivity index (χ1) is 10.9. The number of hydrogen-bond donors (Lipinski definition) is 0. The topological polar surface area (TPSA) is 82.3 Å². The van der Waals surface area contributed by atoms with Crippen molar-refractivity contribution in [3.8, 4) is 0 Å². The van der Waals surface area contributed by atoms with Gasteiger partial charge >= 0.3 is 0 Å². The van der Waals surface area contributed by atoms with Crippen molar-refractivity contribution in [3.05, 3.63) is 30.2 Å². The monoisotopic (exact) mass is 339 g/mol. The summed E-state index contributed by atoms with van der Waals surface area (Å²) in [5.74, 6) is 0.741. The maximum Gasteiger partial charge on any atom is 0.262 e. The Hall–Kier alpha value is -1.71. The molecule has 0 aromatic carbocycles. The quantitative estimate of drug-likeness (QED) is 0.809. The van der Waals surface area contributed by atoms with Gasteiger partial charge in [0.15, 0.2) is 5.03 Å². The van der Waals surface area contributed by atoms with Crippen LogP contribution in [-0.2, 0) is 35.0 Å². The molecule has 0 fully saturated rings. The van der Waals surface area contributed by atoms with Crippen molar-refractivity contribution in [1.82, 2.24) is 23.4 Å². The Bertz CT molecular complexity index is 795. The number of fused-ring (bicyclic) bond motifs is 1. The molecule has 0 bridgehead atoms. The summed E-state index contributed by atoms with van der Waals surface area (Å²) in [7, 11) is -1.88. The Labute approximate surface area is 135 Å². The molecule has 0 saturated heterocycles. The summed E-state index contributed by atoms with van der Waals surface area (Å²) in [6.45, 7) is 5.87. The Morgan fingerprint density at radius 1 is 1.35 bits per heavy atom. The second-order valence-electron chi connectivity index (χ2n) is 5.57. The first kappa shape index (κ1) is 16.2. The fourth-order valence-electron chi connectivity index (χ4n) is 2.83. The SMILES string of the molecule is CCOCc1cnc2n1CCN(S(=O)(=O)c1cn(C)cn1)[C@@H]2C. The molecule has 3 heterocycles. The van der Waals surface area contributed by atoms with E-state index >= 15 is 0 Å². The Morgan fingerprint density at radius 3 is 2.78 bits per heavy atom. The van der Waals surface area contributed by atoms with E-state index in [1.807, 2.05) is 18.4 Å². The average Bonchev–Trinajstić information content (AvgIpc) is 3.12. The highest BCUT2D eigenvalue weighted by atomic mass is 32.2. The van der Waals surface area contributed by atoms with Crippen LogP contribution in [0.25, 0.3) is 0 Å². The van der Waals surface area contributed by atoms with Crippen molar-refractivity contribution >= 4 is 10.0 Å². The molecule has 9 heteroatoms. The molecule has 0 amide bonds. The second kappa shape index (κ2) is 6.06. The zero-order valence-corrected chi connectivity index (χ0v) is 14.3. The van der Waals surface area contributed by atoms with E-state index in [0.29, 0.717) is 26.3 Å². The van der Waals surface area contributed by atoms with Crippen molar-refractivity contribution in [2.45, 2.75) is 38.1 Å². The van der Waals surface area contributed by atoms with E-state index in [4.69, 9.17) is 4.74 Å². The summed E-state index contributed by atoms with van der Waals surface area (Å²) in [5.41, 5.74) is 0.976. The van der Waals surface area contributed by atoms with Crippen LogP contribution in [0.15, 0.2) is 23.7 Å². The lowest BCUT2D eigenvalue weighted by molar-refractivity contribution is 0.126. The van der Waals surface area contributed by atoms with Crippen LogP contribution in [0.2, 0.25) is 0 Å². The summed E-state index contributed by atoms with van der Waals surface area (Å²) < 4.78 is 36.2. The minimum absolute atomic E-state index is 0.0707. The van der Waals surface area contributed by atoms with Crippen molar-refractivity contribution < 1.29 is 13.2 Å². The Morgan fingerprint density at radius 2 is 2.13 bits per heavy atom. The fraction of sp³-hybridized carbons (Fsp3) is 0.571. The highest BCUT2D eigenvalue weighted by Gasteiger charge is 2.36. The maximum absolute atomic E-state index is 12.8. The van der Waals surface area contributed by atoms with Gasteiger partial charge in [0.2, 0.25) is 0 Å². The van der Waals surface area contributed by atoms with E-state index < -0.39 is 10.0 Å². The first-order valence-corrected chi connectivity index (χ1v) is 9.01. The number of sulfonamides is 1. The predicted octanol–water partition coefficient (Wildman–Crippen LogP) is 0.919. The average molecular weight is 339 g/mol. The van der Waals surface area contributed by atoms with Crippen LogP contribution in [0, 0.1) is 0 Å². The van der Waals surface area contributed by atoms with Crippen LogP contribution in [-0.4, -0.2) is 45.0 Å². The molecule has 1 aliphatic heterocycles. The van der Waals surface area contributed by atoms with Gasteiger partial charge in [-0.05, 0) is 13.8 Å². The van der Waals surface area contributed by atoms with Gasteiger partial charge in [0.1, 0.15) is 5.82 Å². The molecule has 2 aromatic rings. The van der Waals surface area contributed by atoms with Crippen molar-refractivity contribution in [2.24, 2.45) is 7.05 Å². The summed E-state index contributed by atoms with van der Waals surface area (Å²) in [6, 6.07) is -0.342. The van der Waals surface area contributed by atoms with Gasteiger partial charge in [0.05, 0.1) is 30.9 Å². The molecule has 8 nitrogen and oxygen atoms in total. The summed E-state index contributed by atoms with van der Waals surface area (Å²) in [4.78, 5) is 8.39. The fourth-order valence-corrected chi connectivity index (χ4v) is 4.38. The lowest BCUT2D eigenvalue weighted by Gasteiger charge is -2.32. The van der Waals surface area contributed by atoms with E-state index in [2.05, 4.69) is 9.97 Å². The van der Waals surface area contributed by atoms with Crippen molar-refractivity contribution in [3.63, 3.8) is 0 Å². The van der Waals surface area contributed by atoms with Crippen LogP contribution in [0.4, 0.5) is 0 Å². The van der Waals surface area contributed by atoms with E-state index in [0.717, 1.165) is 11.5 Å². The second-order valence-corrected chi connectivity index (χ2v) is 7.40. The third-order valence-electron chi connectivity index (χ3n) is 4.03. The standard InChI is InChI=1S/C14H21N5O3S/c1-4-22-9-12-7-15-14-11(2)19(6-5-18(12)14)23(20,21)13-8-17(3)10-16-13/h7-8,10-11H,4-6,9H2,1-3H3/t11-/m1/s1. The smallest absolute Gasteiger partial charge is 0.262 e. The molecule has 1 aliphatic rings. The number of aromatic nitrogens is 4. The van der Waals surface area contributed by atoms with E-state index in [9.17, 15) is 8.42 Å². The normalized spacial score (nSPS) is 19.0. The number of ether oxygens (including phenoxy) is 1. The molecular weight excluding hydrogens is 318 g/mol. The lowest BCUT2D eigenvalue weighted by atomic mass is 10.2. The van der Waals surface area contributed by atoms with E-state index in [1.165, 1.54) is 16.8 Å². The van der Waals surface area contributed by atoms with Gasteiger partial charge in [-0.15, -0.1) is 0 Å². The van der Waals surface area contributed by atoms with Crippen molar-refractivity contribution in [2.75, 3.05) is 13.2 Å². The molecule has 0 N–H and O–H groups in total. The van der Waals surface area contributed by atoms with E-state index in [1.54, 1.807) is 17.8 Å². The minimum atomic E-state index is -3.62. The Kier molecular flexibility index (Phi) is 4.26. The zero-order valence-electron chi connectivity index (χ0n) is 13.5. The first-order valence-electron chi connectivity index (χ1n) is 7.57. The van der Waals surface area contributed by atoms with Gasteiger partial charge < -0.3 is 13.9 Å². The Balaban J connectivity index is 1.89. The molecule has 0 saturated carbocycles. The molecular formula is C14H21N5O3S. The molecule has 126 valence electrons. The zero-order chi connectivity index (χ0) is 16.6. The molecule has 0 radical (unpaired) electrons. The highest BCUT2D eigenvalue weighted by Crippen LogP contribution is 2.30. The molecule has 2 aromatic heterocycles. The van der Waals surface area contributed by atoms with Gasteiger partial charge in [-0.1, -0.05) is 0 Å². The van der Waals surface area contributed by atoms with Gasteiger partial charge in [-0.25, -0.2) is 18.4 Å². The minimum Gasteiger partial charge on any atom is -0.375 e. The van der Waals surface area contributed by atoms with Crippen LogP contribution < -0.4 is 0 Å². The summed E-state index contributed by atoms with van der Waals surface area (Å²) in [5, 5.41) is 0.0707. The van der Waals surface area contributed by atoms with Crippen LogP contribution in [0.5, 0.6) is 0 Å². The highest BCUT2D eigenvalue weighted by molar-refractivity contribution is 7.89. The van der Waals surface area contributed by atoms with Gasteiger partial charge in [-0.2, -0.15) is 4.31 Å². The largest absolute Gasteiger partial charge is 0.375 e. The van der Waals surface area contributed by atoms with Gasteiger partial charge in [0.25, 0.3) is 10.0 Å². The number of nitrogens with zero attached hydrogens (tertiary/aromatic N) is 5. The molecule has 1 atom stereocenters. The number of imidazole rings is 2. The van der Waals surface area contributed by atoms with Gasteiger partial charge in [0, 0.05) is 32.9 Å². The lowest BCUT2D eigenvalue weighted by Crippen LogP contribution is -2.41. The third kappa shape index (κ3) is 2.79. The summed E-state index contributed by atoms with van der Waals surface area (Å²) in [6.07, 6.45) is 4.77. The van der Waals surface area contributed by atoms with Crippen molar-refractivity contribution in [1.29, 1.82) is 0 Å². The van der Waals surface area contributed by atoms with Gasteiger partial charge in [-0.3, -0.25) is 0 Å². The number of aryl methyl sites for hydroxylation is 1. The third-order valence-corrected chi connectivity index (χ3v) is 5.88.